The molecule has 0 radical (unpaired) electrons. The van der Waals surface area contributed by atoms with Gasteiger partial charge in [-0.05, 0) is 68.3 Å². The number of fused-ring (bicyclic) bond motifs is 2. The number of benzene rings is 1. The van der Waals surface area contributed by atoms with Gasteiger partial charge in [-0.15, -0.1) is 0 Å². The number of hydrogen-bond acceptors (Lipinski definition) is 5. The van der Waals surface area contributed by atoms with Gasteiger partial charge >= 0.3 is 0 Å². The van der Waals surface area contributed by atoms with Gasteiger partial charge in [0, 0.05) is 19.1 Å². The van der Waals surface area contributed by atoms with Gasteiger partial charge in [-0.25, -0.2) is 0 Å². The lowest BCUT2D eigenvalue weighted by atomic mass is 9.79. The lowest BCUT2D eigenvalue weighted by Gasteiger charge is -2.45. The van der Waals surface area contributed by atoms with Crippen LogP contribution >= 0.6 is 0 Å². The van der Waals surface area contributed by atoms with E-state index in [2.05, 4.69) is 24.0 Å². The minimum absolute atomic E-state index is 0.272. The first-order valence-corrected chi connectivity index (χ1v) is 11.5. The molecule has 2 saturated heterocycles. The summed E-state index contributed by atoms with van der Waals surface area (Å²) < 4.78 is 17.4. The van der Waals surface area contributed by atoms with Gasteiger partial charge in [0.25, 0.3) is 0 Å². The van der Waals surface area contributed by atoms with E-state index < -0.39 is 0 Å². The number of piperidine rings is 2. The van der Waals surface area contributed by atoms with E-state index in [-0.39, 0.29) is 11.5 Å². The Hall–Kier alpha value is -1.79. The maximum atomic E-state index is 13.0. The fraction of sp³-hybridized carbons (Fsp3) is 0.708. The van der Waals surface area contributed by atoms with E-state index in [1.807, 2.05) is 4.90 Å². The smallest absolute Gasteiger partial charge is 0.236 e. The monoisotopic (exact) mass is 416 g/mol. The molecule has 1 amide bonds. The third-order valence-electron chi connectivity index (χ3n) is 7.33. The quantitative estimate of drug-likeness (QED) is 0.737. The molecule has 3 aliphatic rings. The normalized spacial score (nSPS) is 23.8. The van der Waals surface area contributed by atoms with E-state index in [4.69, 9.17) is 14.2 Å². The van der Waals surface area contributed by atoms with Crippen LogP contribution in [0.1, 0.15) is 56.6 Å². The van der Waals surface area contributed by atoms with E-state index in [0.717, 1.165) is 56.8 Å². The van der Waals surface area contributed by atoms with Crippen molar-refractivity contribution in [1.29, 1.82) is 0 Å². The minimum atomic E-state index is -0.318. The Kier molecular flexibility index (Phi) is 6.54. The van der Waals surface area contributed by atoms with Crippen molar-refractivity contribution < 1.29 is 19.0 Å². The van der Waals surface area contributed by atoms with E-state index in [0.29, 0.717) is 19.2 Å². The van der Waals surface area contributed by atoms with Crippen LogP contribution in [0.2, 0.25) is 0 Å². The Bertz CT molecular complexity index is 758. The van der Waals surface area contributed by atoms with Gasteiger partial charge in [0.1, 0.15) is 0 Å². The van der Waals surface area contributed by atoms with Gasteiger partial charge in [-0.2, -0.15) is 0 Å². The van der Waals surface area contributed by atoms with Crippen molar-refractivity contribution in [3.8, 4) is 11.5 Å². The standard InChI is InChI=1S/C24H36N2O4/c1-4-19-7-5-6-11-26(19)17-23(27)25-12-9-24(10-13-25)20-16-22(29-3)21(28-2)15-18(20)8-14-30-24/h15-16,19H,4-14,17H2,1-3H3. The van der Waals surface area contributed by atoms with Crippen LogP contribution in [-0.4, -0.2) is 68.8 Å². The topological polar surface area (TPSA) is 51.2 Å². The molecule has 0 saturated carbocycles. The fourth-order valence-corrected chi connectivity index (χ4v) is 5.52. The third kappa shape index (κ3) is 4.04. The average Bonchev–Trinajstić information content (AvgIpc) is 2.79. The number of nitrogens with zero attached hydrogens (tertiary/aromatic N) is 2. The predicted octanol–water partition coefficient (Wildman–Crippen LogP) is 3.36. The summed E-state index contributed by atoms with van der Waals surface area (Å²) in [6, 6.07) is 4.75. The molecule has 1 atom stereocenters. The fourth-order valence-electron chi connectivity index (χ4n) is 5.52. The van der Waals surface area contributed by atoms with Crippen molar-refractivity contribution in [2.24, 2.45) is 0 Å². The summed E-state index contributed by atoms with van der Waals surface area (Å²) >= 11 is 0. The van der Waals surface area contributed by atoms with Crippen LogP contribution in [0, 0.1) is 0 Å². The van der Waals surface area contributed by atoms with Crippen molar-refractivity contribution in [3.63, 3.8) is 0 Å². The minimum Gasteiger partial charge on any atom is -0.493 e. The molecule has 0 N–H and O–H groups in total. The third-order valence-corrected chi connectivity index (χ3v) is 7.33. The predicted molar refractivity (Wildman–Crippen MR) is 116 cm³/mol. The summed E-state index contributed by atoms with van der Waals surface area (Å²) in [5, 5.41) is 0. The zero-order chi connectivity index (χ0) is 21.1. The van der Waals surface area contributed by atoms with Crippen molar-refractivity contribution in [2.45, 2.75) is 63.5 Å². The summed E-state index contributed by atoms with van der Waals surface area (Å²) in [7, 11) is 3.35. The van der Waals surface area contributed by atoms with Crippen molar-refractivity contribution in [1.82, 2.24) is 9.80 Å². The Balaban J connectivity index is 1.45. The van der Waals surface area contributed by atoms with Crippen LogP contribution in [0.4, 0.5) is 0 Å². The van der Waals surface area contributed by atoms with Crippen LogP contribution in [0.25, 0.3) is 0 Å². The largest absolute Gasteiger partial charge is 0.493 e. The number of likely N-dealkylation sites (tertiary alicyclic amines) is 2. The molecular formula is C24H36N2O4. The van der Waals surface area contributed by atoms with Gasteiger partial charge in [0.2, 0.25) is 5.91 Å². The highest BCUT2D eigenvalue weighted by Crippen LogP contribution is 2.45. The molecular weight excluding hydrogens is 380 g/mol. The van der Waals surface area contributed by atoms with Crippen molar-refractivity contribution >= 4 is 5.91 Å². The summed E-state index contributed by atoms with van der Waals surface area (Å²) in [5.41, 5.74) is 2.17. The molecule has 1 spiro atoms. The summed E-state index contributed by atoms with van der Waals surface area (Å²) in [5.74, 6) is 1.79. The molecule has 1 aromatic rings. The Morgan fingerprint density at radius 2 is 1.87 bits per heavy atom. The highest BCUT2D eigenvalue weighted by molar-refractivity contribution is 5.78. The van der Waals surface area contributed by atoms with Crippen LogP contribution in [-0.2, 0) is 21.6 Å². The van der Waals surface area contributed by atoms with Crippen LogP contribution < -0.4 is 9.47 Å². The molecule has 3 aliphatic heterocycles. The van der Waals surface area contributed by atoms with E-state index >= 15 is 0 Å². The van der Waals surface area contributed by atoms with E-state index in [1.165, 1.54) is 30.4 Å². The Labute approximate surface area is 180 Å². The SMILES string of the molecule is CCC1CCCCN1CC(=O)N1CCC2(CC1)OCCc1cc(OC)c(OC)cc12. The van der Waals surface area contributed by atoms with Crippen molar-refractivity contribution in [2.75, 3.05) is 47.0 Å². The molecule has 2 fully saturated rings. The molecule has 6 heteroatoms. The number of hydrogen-bond donors (Lipinski definition) is 0. The summed E-state index contributed by atoms with van der Waals surface area (Å²) in [4.78, 5) is 17.5. The highest BCUT2D eigenvalue weighted by Gasteiger charge is 2.42. The zero-order valence-electron chi connectivity index (χ0n) is 18.7. The maximum absolute atomic E-state index is 13.0. The van der Waals surface area contributed by atoms with Crippen LogP contribution in [0.5, 0.6) is 11.5 Å². The zero-order valence-corrected chi connectivity index (χ0v) is 18.7. The van der Waals surface area contributed by atoms with Gasteiger partial charge in [0.15, 0.2) is 11.5 Å². The molecule has 0 aromatic heterocycles. The molecule has 166 valence electrons. The molecule has 0 aliphatic carbocycles. The molecule has 6 nitrogen and oxygen atoms in total. The lowest BCUT2D eigenvalue weighted by Crippen LogP contribution is -2.52. The maximum Gasteiger partial charge on any atom is 0.236 e. The number of rotatable bonds is 5. The summed E-state index contributed by atoms with van der Waals surface area (Å²) in [6.45, 7) is 6.06. The molecule has 3 heterocycles. The number of carbonyl (C=O) groups excluding carboxylic acids is 1. The van der Waals surface area contributed by atoms with Gasteiger partial charge < -0.3 is 19.1 Å². The summed E-state index contributed by atoms with van der Waals surface area (Å²) in [6.07, 6.45) is 7.41. The number of methoxy groups -OCH3 is 2. The first kappa shape index (κ1) is 21.4. The molecule has 30 heavy (non-hydrogen) atoms. The van der Waals surface area contributed by atoms with Crippen molar-refractivity contribution in [3.05, 3.63) is 23.3 Å². The second-order valence-electron chi connectivity index (χ2n) is 8.87. The second-order valence-corrected chi connectivity index (χ2v) is 8.87. The van der Waals surface area contributed by atoms with Gasteiger partial charge in [-0.3, -0.25) is 9.69 Å². The second kappa shape index (κ2) is 9.15. The van der Waals surface area contributed by atoms with E-state index in [9.17, 15) is 4.79 Å². The molecule has 1 unspecified atom stereocenters. The first-order chi connectivity index (χ1) is 14.6. The van der Waals surface area contributed by atoms with Gasteiger partial charge in [-0.1, -0.05) is 13.3 Å². The van der Waals surface area contributed by atoms with E-state index in [1.54, 1.807) is 14.2 Å². The molecule has 4 rings (SSSR count). The van der Waals surface area contributed by atoms with Gasteiger partial charge in [0.05, 0.1) is 33.0 Å². The lowest BCUT2D eigenvalue weighted by molar-refractivity contribution is -0.142. The first-order valence-electron chi connectivity index (χ1n) is 11.5. The number of ether oxygens (including phenoxy) is 3. The Morgan fingerprint density at radius 3 is 2.57 bits per heavy atom. The Morgan fingerprint density at radius 1 is 1.13 bits per heavy atom. The van der Waals surface area contributed by atoms with Crippen LogP contribution in [0.15, 0.2) is 12.1 Å². The average molecular weight is 417 g/mol. The highest BCUT2D eigenvalue weighted by atomic mass is 16.5. The number of carbonyl (C=O) groups is 1. The van der Waals surface area contributed by atoms with Crippen LogP contribution in [0.3, 0.4) is 0 Å². The molecule has 1 aromatic carbocycles. The number of amides is 1. The molecule has 0 bridgehead atoms.